The van der Waals surface area contributed by atoms with Gasteiger partial charge in [0.15, 0.2) is 0 Å². The Balaban J connectivity index is 1.71. The van der Waals surface area contributed by atoms with Crippen LogP contribution in [0.4, 0.5) is 5.69 Å². The summed E-state index contributed by atoms with van der Waals surface area (Å²) in [6.45, 7) is 2.29. The van der Waals surface area contributed by atoms with Crippen LogP contribution in [0.2, 0.25) is 0 Å². The van der Waals surface area contributed by atoms with Gasteiger partial charge in [-0.25, -0.2) is 0 Å². The van der Waals surface area contributed by atoms with E-state index in [1.807, 2.05) is 12.1 Å². The van der Waals surface area contributed by atoms with Crippen molar-refractivity contribution in [1.82, 2.24) is 0 Å². The van der Waals surface area contributed by atoms with Crippen LogP contribution in [-0.4, -0.2) is 12.0 Å². The lowest BCUT2D eigenvalue weighted by Gasteiger charge is -2.28. The Labute approximate surface area is 114 Å². The van der Waals surface area contributed by atoms with Crippen molar-refractivity contribution in [1.29, 1.82) is 0 Å². The first-order valence-corrected chi connectivity index (χ1v) is 7.30. The van der Waals surface area contributed by atoms with E-state index < -0.39 is 0 Å². The van der Waals surface area contributed by atoms with Crippen LogP contribution in [-0.2, 0) is 11.2 Å². The molecule has 2 atom stereocenters. The van der Waals surface area contributed by atoms with Crippen LogP contribution in [0, 0.1) is 5.92 Å². The van der Waals surface area contributed by atoms with E-state index >= 15 is 0 Å². The molecule has 1 heterocycles. The van der Waals surface area contributed by atoms with Gasteiger partial charge < -0.3 is 10.1 Å². The van der Waals surface area contributed by atoms with E-state index in [4.69, 9.17) is 4.74 Å². The van der Waals surface area contributed by atoms with Crippen molar-refractivity contribution in [2.24, 2.45) is 5.92 Å². The average Bonchev–Trinajstić information content (AvgIpc) is 2.38. The molecule has 1 fully saturated rings. The minimum Gasteiger partial charge on any atom is -0.490 e. The Morgan fingerprint density at radius 1 is 1.26 bits per heavy atom. The summed E-state index contributed by atoms with van der Waals surface area (Å²) < 4.78 is 6.08. The summed E-state index contributed by atoms with van der Waals surface area (Å²) in [6.07, 6.45) is 6.63. The number of rotatable bonds is 2. The van der Waals surface area contributed by atoms with Gasteiger partial charge in [-0.05, 0) is 43.2 Å². The third kappa shape index (κ3) is 2.91. The largest absolute Gasteiger partial charge is 0.490 e. The smallest absolute Gasteiger partial charge is 0.224 e. The SMILES string of the molecule is CC1CCCC(Oc2ccc3c(c2)NC(=O)CC3)C1. The van der Waals surface area contributed by atoms with Crippen molar-refractivity contribution in [3.8, 4) is 5.75 Å². The highest BCUT2D eigenvalue weighted by Crippen LogP contribution is 2.31. The molecular weight excluding hydrogens is 238 g/mol. The van der Waals surface area contributed by atoms with E-state index in [0.29, 0.717) is 12.5 Å². The van der Waals surface area contributed by atoms with E-state index in [1.54, 1.807) is 0 Å². The van der Waals surface area contributed by atoms with E-state index in [-0.39, 0.29) is 5.91 Å². The molecule has 1 aliphatic heterocycles. The van der Waals surface area contributed by atoms with Gasteiger partial charge in [0, 0.05) is 18.2 Å². The molecule has 2 aliphatic rings. The number of nitrogens with one attached hydrogen (secondary N) is 1. The highest BCUT2D eigenvalue weighted by molar-refractivity contribution is 5.94. The number of hydrogen-bond acceptors (Lipinski definition) is 2. The molecule has 3 heteroatoms. The summed E-state index contributed by atoms with van der Waals surface area (Å²) in [5.74, 6) is 1.76. The molecule has 1 amide bonds. The van der Waals surface area contributed by atoms with E-state index in [9.17, 15) is 4.79 Å². The highest BCUT2D eigenvalue weighted by atomic mass is 16.5. The quantitative estimate of drug-likeness (QED) is 0.882. The summed E-state index contributed by atoms with van der Waals surface area (Å²) in [6, 6.07) is 6.09. The van der Waals surface area contributed by atoms with E-state index in [2.05, 4.69) is 18.3 Å². The molecule has 1 aromatic rings. The fourth-order valence-corrected chi connectivity index (χ4v) is 3.10. The first kappa shape index (κ1) is 12.5. The van der Waals surface area contributed by atoms with Crippen molar-refractivity contribution < 1.29 is 9.53 Å². The molecule has 102 valence electrons. The maximum Gasteiger partial charge on any atom is 0.224 e. The zero-order chi connectivity index (χ0) is 13.2. The molecule has 19 heavy (non-hydrogen) atoms. The molecule has 0 saturated heterocycles. The third-order valence-electron chi connectivity index (χ3n) is 4.17. The van der Waals surface area contributed by atoms with Crippen molar-refractivity contribution in [2.45, 2.75) is 51.6 Å². The molecular formula is C16H21NO2. The number of benzene rings is 1. The van der Waals surface area contributed by atoms with Gasteiger partial charge in [-0.2, -0.15) is 0 Å². The molecule has 0 aromatic heterocycles. The number of carbonyl (C=O) groups excluding carboxylic acids is 1. The van der Waals surface area contributed by atoms with Gasteiger partial charge in [-0.1, -0.05) is 19.4 Å². The maximum atomic E-state index is 11.4. The Bertz CT molecular complexity index is 484. The topological polar surface area (TPSA) is 38.3 Å². The monoisotopic (exact) mass is 259 g/mol. The maximum absolute atomic E-state index is 11.4. The van der Waals surface area contributed by atoms with Gasteiger partial charge >= 0.3 is 0 Å². The lowest BCUT2D eigenvalue weighted by molar-refractivity contribution is -0.116. The average molecular weight is 259 g/mol. The van der Waals surface area contributed by atoms with Crippen LogP contribution < -0.4 is 10.1 Å². The predicted molar refractivity (Wildman–Crippen MR) is 75.4 cm³/mol. The minimum absolute atomic E-state index is 0.107. The molecule has 2 unspecified atom stereocenters. The number of aryl methyl sites for hydroxylation is 1. The molecule has 0 bridgehead atoms. The standard InChI is InChI=1S/C16H21NO2/c1-11-3-2-4-13(9-11)19-14-7-5-12-6-8-16(18)17-15(12)10-14/h5,7,10-11,13H,2-4,6,8-9H2,1H3,(H,17,18). The van der Waals surface area contributed by atoms with Gasteiger partial charge in [-0.15, -0.1) is 0 Å². The second-order valence-electron chi connectivity index (χ2n) is 5.88. The van der Waals surface area contributed by atoms with Gasteiger partial charge in [-0.3, -0.25) is 4.79 Å². The van der Waals surface area contributed by atoms with Crippen molar-refractivity contribution in [3.63, 3.8) is 0 Å². The molecule has 0 spiro atoms. The van der Waals surface area contributed by atoms with Crippen LogP contribution in [0.5, 0.6) is 5.75 Å². The first-order valence-electron chi connectivity index (χ1n) is 7.30. The Morgan fingerprint density at radius 3 is 3.00 bits per heavy atom. The number of carbonyl (C=O) groups is 1. The van der Waals surface area contributed by atoms with Crippen LogP contribution >= 0.6 is 0 Å². The molecule has 1 aliphatic carbocycles. The molecule has 1 N–H and O–H groups in total. The van der Waals surface area contributed by atoms with Gasteiger partial charge in [0.05, 0.1) is 6.10 Å². The van der Waals surface area contributed by atoms with Gasteiger partial charge in [0.25, 0.3) is 0 Å². The number of ether oxygens (including phenoxy) is 1. The number of hydrogen-bond donors (Lipinski definition) is 1. The summed E-state index contributed by atoms with van der Waals surface area (Å²) in [7, 11) is 0. The fourth-order valence-electron chi connectivity index (χ4n) is 3.10. The predicted octanol–water partition coefficient (Wildman–Crippen LogP) is 3.53. The van der Waals surface area contributed by atoms with Gasteiger partial charge in [0.2, 0.25) is 5.91 Å². The van der Waals surface area contributed by atoms with E-state index in [0.717, 1.165) is 36.6 Å². The second kappa shape index (κ2) is 5.24. The van der Waals surface area contributed by atoms with Crippen molar-refractivity contribution in [3.05, 3.63) is 23.8 Å². The lowest BCUT2D eigenvalue weighted by atomic mass is 9.89. The molecule has 0 radical (unpaired) electrons. The lowest BCUT2D eigenvalue weighted by Crippen LogP contribution is -2.24. The Morgan fingerprint density at radius 2 is 2.16 bits per heavy atom. The van der Waals surface area contributed by atoms with Crippen LogP contribution in [0.15, 0.2) is 18.2 Å². The first-order chi connectivity index (χ1) is 9.20. The van der Waals surface area contributed by atoms with Gasteiger partial charge in [0.1, 0.15) is 5.75 Å². The minimum atomic E-state index is 0.107. The van der Waals surface area contributed by atoms with Crippen LogP contribution in [0.3, 0.4) is 0 Å². The van der Waals surface area contributed by atoms with Crippen molar-refractivity contribution >= 4 is 11.6 Å². The van der Waals surface area contributed by atoms with Crippen LogP contribution in [0.25, 0.3) is 0 Å². The molecule has 3 rings (SSSR count). The van der Waals surface area contributed by atoms with Crippen molar-refractivity contribution in [2.75, 3.05) is 5.32 Å². The fraction of sp³-hybridized carbons (Fsp3) is 0.562. The highest BCUT2D eigenvalue weighted by Gasteiger charge is 2.21. The number of anilines is 1. The summed E-state index contributed by atoms with van der Waals surface area (Å²) in [5.41, 5.74) is 2.14. The zero-order valence-corrected chi connectivity index (χ0v) is 11.4. The summed E-state index contributed by atoms with van der Waals surface area (Å²) in [5, 5.41) is 2.93. The Hall–Kier alpha value is -1.51. The number of amides is 1. The second-order valence-corrected chi connectivity index (χ2v) is 5.88. The number of fused-ring (bicyclic) bond motifs is 1. The molecule has 1 saturated carbocycles. The summed E-state index contributed by atoms with van der Waals surface area (Å²) >= 11 is 0. The summed E-state index contributed by atoms with van der Waals surface area (Å²) in [4.78, 5) is 11.4. The third-order valence-corrected chi connectivity index (χ3v) is 4.17. The molecule has 1 aromatic carbocycles. The molecule has 3 nitrogen and oxygen atoms in total. The van der Waals surface area contributed by atoms with Crippen LogP contribution in [0.1, 0.15) is 44.6 Å². The Kier molecular flexibility index (Phi) is 3.45. The zero-order valence-electron chi connectivity index (χ0n) is 11.4. The van der Waals surface area contributed by atoms with E-state index in [1.165, 1.54) is 18.4 Å². The normalized spacial score (nSPS) is 26.5.